The normalized spacial score (nSPS) is 11.1. The first-order valence-corrected chi connectivity index (χ1v) is 7.02. The summed E-state index contributed by atoms with van der Waals surface area (Å²) in [6.07, 6.45) is 3.71. The maximum Gasteiger partial charge on any atom is 0.0780 e. The molecular weight excluding hydrogens is 256 g/mol. The van der Waals surface area contributed by atoms with Crippen LogP contribution in [0.4, 0.5) is 0 Å². The van der Waals surface area contributed by atoms with E-state index in [4.69, 9.17) is 0 Å². The average Bonchev–Trinajstić information content (AvgIpc) is 2.55. The second-order valence-electron chi connectivity index (χ2n) is 5.26. The number of pyridine rings is 2. The van der Waals surface area contributed by atoms with Crippen molar-refractivity contribution in [2.24, 2.45) is 0 Å². The molecule has 0 saturated carbocycles. The fourth-order valence-corrected chi connectivity index (χ4v) is 2.76. The van der Waals surface area contributed by atoms with Gasteiger partial charge in [-0.1, -0.05) is 35.9 Å². The van der Waals surface area contributed by atoms with Gasteiger partial charge < -0.3 is 0 Å². The smallest absolute Gasteiger partial charge is 0.0780 e. The van der Waals surface area contributed by atoms with E-state index >= 15 is 0 Å². The standard InChI is InChI=1S/C19H14N2/c1-13-4-6-14(7-5-13)19-17-8-9-18-16(3-2-11-20-18)15(17)10-12-21-19/h2-12H,1H3. The summed E-state index contributed by atoms with van der Waals surface area (Å²) in [6, 6.07) is 18.9. The lowest BCUT2D eigenvalue weighted by Gasteiger charge is -2.08. The molecule has 0 amide bonds. The predicted molar refractivity (Wildman–Crippen MR) is 87.2 cm³/mol. The van der Waals surface area contributed by atoms with Crippen molar-refractivity contribution in [2.75, 3.05) is 0 Å². The monoisotopic (exact) mass is 270 g/mol. The quantitative estimate of drug-likeness (QED) is 0.466. The van der Waals surface area contributed by atoms with E-state index in [0.717, 1.165) is 16.8 Å². The first-order valence-electron chi connectivity index (χ1n) is 7.02. The number of hydrogen-bond donors (Lipinski definition) is 0. The van der Waals surface area contributed by atoms with E-state index in [2.05, 4.69) is 65.4 Å². The highest BCUT2D eigenvalue weighted by molar-refractivity contribution is 6.10. The van der Waals surface area contributed by atoms with Gasteiger partial charge >= 0.3 is 0 Å². The summed E-state index contributed by atoms with van der Waals surface area (Å²) < 4.78 is 0. The van der Waals surface area contributed by atoms with Gasteiger partial charge in [-0.15, -0.1) is 0 Å². The number of fused-ring (bicyclic) bond motifs is 3. The average molecular weight is 270 g/mol. The van der Waals surface area contributed by atoms with Gasteiger partial charge in [-0.2, -0.15) is 0 Å². The molecule has 0 unspecified atom stereocenters. The Labute approximate surface area is 123 Å². The van der Waals surface area contributed by atoms with Crippen molar-refractivity contribution in [2.45, 2.75) is 6.92 Å². The zero-order valence-electron chi connectivity index (χ0n) is 11.7. The van der Waals surface area contributed by atoms with Crippen LogP contribution in [-0.4, -0.2) is 9.97 Å². The Morgan fingerprint density at radius 1 is 0.667 bits per heavy atom. The highest BCUT2D eigenvalue weighted by Crippen LogP contribution is 2.30. The molecule has 21 heavy (non-hydrogen) atoms. The summed E-state index contributed by atoms with van der Waals surface area (Å²) >= 11 is 0. The molecule has 0 aliphatic carbocycles. The minimum absolute atomic E-state index is 1.02. The van der Waals surface area contributed by atoms with Crippen molar-refractivity contribution in [1.82, 2.24) is 9.97 Å². The van der Waals surface area contributed by atoms with E-state index in [-0.39, 0.29) is 0 Å². The maximum atomic E-state index is 4.59. The predicted octanol–water partition coefficient (Wildman–Crippen LogP) is 4.76. The molecule has 2 aromatic heterocycles. The Morgan fingerprint density at radius 2 is 1.52 bits per heavy atom. The summed E-state index contributed by atoms with van der Waals surface area (Å²) in [4.78, 5) is 9.02. The molecule has 2 nitrogen and oxygen atoms in total. The molecule has 2 aromatic carbocycles. The molecule has 100 valence electrons. The molecule has 0 N–H and O–H groups in total. The molecule has 2 heteroatoms. The van der Waals surface area contributed by atoms with E-state index in [1.165, 1.54) is 21.7 Å². The highest BCUT2D eigenvalue weighted by Gasteiger charge is 2.07. The second kappa shape index (κ2) is 4.67. The summed E-state index contributed by atoms with van der Waals surface area (Å²) in [7, 11) is 0. The Bertz CT molecular complexity index is 940. The third kappa shape index (κ3) is 1.96. The van der Waals surface area contributed by atoms with Gasteiger partial charge in [0.2, 0.25) is 0 Å². The molecule has 2 heterocycles. The van der Waals surface area contributed by atoms with Crippen molar-refractivity contribution in [1.29, 1.82) is 0 Å². The summed E-state index contributed by atoms with van der Waals surface area (Å²) in [5.74, 6) is 0. The molecule has 0 spiro atoms. The SMILES string of the molecule is Cc1ccc(-c2nccc3c2ccc2ncccc23)cc1. The largest absolute Gasteiger partial charge is 0.256 e. The third-order valence-electron chi connectivity index (χ3n) is 3.85. The Kier molecular flexibility index (Phi) is 2.68. The molecule has 0 atom stereocenters. The second-order valence-corrected chi connectivity index (χ2v) is 5.26. The molecule has 0 radical (unpaired) electrons. The first-order chi connectivity index (χ1) is 10.3. The lowest BCUT2D eigenvalue weighted by molar-refractivity contribution is 1.35. The van der Waals surface area contributed by atoms with Gasteiger partial charge in [0, 0.05) is 28.7 Å². The number of rotatable bonds is 1. The molecule has 0 aliphatic rings. The van der Waals surface area contributed by atoms with Crippen LogP contribution in [-0.2, 0) is 0 Å². The van der Waals surface area contributed by atoms with Crippen LogP contribution >= 0.6 is 0 Å². The Balaban J connectivity index is 2.06. The zero-order valence-corrected chi connectivity index (χ0v) is 11.7. The van der Waals surface area contributed by atoms with E-state index in [0.29, 0.717) is 0 Å². The molecular formula is C19H14N2. The van der Waals surface area contributed by atoms with Crippen LogP contribution in [0.1, 0.15) is 5.56 Å². The van der Waals surface area contributed by atoms with Crippen LogP contribution < -0.4 is 0 Å². The van der Waals surface area contributed by atoms with Crippen LogP contribution in [0, 0.1) is 6.92 Å². The van der Waals surface area contributed by atoms with Gasteiger partial charge in [0.05, 0.1) is 11.2 Å². The summed E-state index contributed by atoms with van der Waals surface area (Å²) in [6.45, 7) is 2.10. The minimum atomic E-state index is 1.02. The molecule has 0 bridgehead atoms. The number of aryl methyl sites for hydroxylation is 1. The number of hydrogen-bond acceptors (Lipinski definition) is 2. The van der Waals surface area contributed by atoms with Crippen LogP contribution in [0.15, 0.2) is 67.0 Å². The van der Waals surface area contributed by atoms with Crippen LogP contribution in [0.2, 0.25) is 0 Å². The van der Waals surface area contributed by atoms with E-state index in [1.54, 1.807) is 0 Å². The molecule has 0 fully saturated rings. The Hall–Kier alpha value is -2.74. The van der Waals surface area contributed by atoms with Crippen molar-refractivity contribution < 1.29 is 0 Å². The number of benzene rings is 2. The summed E-state index contributed by atoms with van der Waals surface area (Å²) in [5.41, 5.74) is 4.45. The molecule has 4 rings (SSSR count). The number of nitrogens with zero attached hydrogens (tertiary/aromatic N) is 2. The van der Waals surface area contributed by atoms with E-state index in [9.17, 15) is 0 Å². The van der Waals surface area contributed by atoms with E-state index < -0.39 is 0 Å². The topological polar surface area (TPSA) is 25.8 Å². The molecule has 4 aromatic rings. The van der Waals surface area contributed by atoms with Crippen LogP contribution in [0.25, 0.3) is 32.9 Å². The third-order valence-corrected chi connectivity index (χ3v) is 3.85. The van der Waals surface area contributed by atoms with Crippen molar-refractivity contribution >= 4 is 21.7 Å². The Morgan fingerprint density at radius 3 is 2.38 bits per heavy atom. The van der Waals surface area contributed by atoms with E-state index in [1.807, 2.05) is 18.5 Å². The summed E-state index contributed by atoms with van der Waals surface area (Å²) in [5, 5.41) is 3.54. The van der Waals surface area contributed by atoms with Crippen molar-refractivity contribution in [3.8, 4) is 11.3 Å². The zero-order chi connectivity index (χ0) is 14.2. The van der Waals surface area contributed by atoms with Crippen LogP contribution in [0.5, 0.6) is 0 Å². The van der Waals surface area contributed by atoms with Gasteiger partial charge in [0.25, 0.3) is 0 Å². The van der Waals surface area contributed by atoms with Gasteiger partial charge in [0.1, 0.15) is 0 Å². The van der Waals surface area contributed by atoms with Gasteiger partial charge in [-0.05, 0) is 36.6 Å². The molecule has 0 saturated heterocycles. The van der Waals surface area contributed by atoms with Gasteiger partial charge in [-0.25, -0.2) is 0 Å². The van der Waals surface area contributed by atoms with Crippen molar-refractivity contribution in [3.63, 3.8) is 0 Å². The van der Waals surface area contributed by atoms with Crippen LogP contribution in [0.3, 0.4) is 0 Å². The van der Waals surface area contributed by atoms with Crippen molar-refractivity contribution in [3.05, 3.63) is 72.6 Å². The minimum Gasteiger partial charge on any atom is -0.256 e. The fraction of sp³-hybridized carbons (Fsp3) is 0.0526. The first kappa shape index (κ1) is 12.0. The number of aromatic nitrogens is 2. The lowest BCUT2D eigenvalue weighted by Crippen LogP contribution is -1.88. The van der Waals surface area contributed by atoms with Gasteiger partial charge in [-0.3, -0.25) is 9.97 Å². The lowest BCUT2D eigenvalue weighted by atomic mass is 10.0. The molecule has 0 aliphatic heterocycles. The maximum absolute atomic E-state index is 4.59. The van der Waals surface area contributed by atoms with Gasteiger partial charge in [0.15, 0.2) is 0 Å². The fourth-order valence-electron chi connectivity index (χ4n) is 2.76. The highest BCUT2D eigenvalue weighted by atomic mass is 14.7.